The fourth-order valence-corrected chi connectivity index (χ4v) is 3.55. The van der Waals surface area contributed by atoms with Gasteiger partial charge in [-0.25, -0.2) is 4.79 Å². The minimum atomic E-state index is -0.0365. The highest BCUT2D eigenvalue weighted by Crippen LogP contribution is 2.31. The summed E-state index contributed by atoms with van der Waals surface area (Å²) in [5.41, 5.74) is 1.14. The van der Waals surface area contributed by atoms with Gasteiger partial charge in [-0.1, -0.05) is 25.2 Å². The Morgan fingerprint density at radius 1 is 1.39 bits per heavy atom. The molecule has 1 atom stereocenters. The van der Waals surface area contributed by atoms with Crippen LogP contribution < -0.4 is 5.32 Å². The fourth-order valence-electron chi connectivity index (χ4n) is 2.77. The lowest BCUT2D eigenvalue weighted by Gasteiger charge is -2.25. The first-order valence-corrected chi connectivity index (χ1v) is 8.73. The molecule has 0 radical (unpaired) electrons. The van der Waals surface area contributed by atoms with E-state index in [0.717, 1.165) is 35.0 Å². The number of nitrogens with zero attached hydrogens (tertiary/aromatic N) is 4. The average molecular weight is 331 g/mol. The number of hydrogen-bond acceptors (Lipinski definition) is 5. The minimum absolute atomic E-state index is 0.0365. The van der Waals surface area contributed by atoms with Crippen molar-refractivity contribution in [3.8, 4) is 0 Å². The first-order chi connectivity index (χ1) is 11.1. The van der Waals surface area contributed by atoms with E-state index in [-0.39, 0.29) is 12.1 Å². The Morgan fingerprint density at radius 2 is 2.17 bits per heavy atom. The van der Waals surface area contributed by atoms with Crippen molar-refractivity contribution in [3.05, 3.63) is 40.1 Å². The van der Waals surface area contributed by atoms with Crippen molar-refractivity contribution in [1.82, 2.24) is 25.4 Å². The van der Waals surface area contributed by atoms with Crippen LogP contribution in [0.5, 0.6) is 0 Å². The number of carbonyl (C=O) groups is 1. The predicted octanol–water partition coefficient (Wildman–Crippen LogP) is 3.10. The molecule has 0 aliphatic carbocycles. The number of aromatic nitrogens is 3. The monoisotopic (exact) mass is 331 g/mol. The molecule has 0 aromatic carbocycles. The molecular weight excluding hydrogens is 310 g/mol. The van der Waals surface area contributed by atoms with E-state index in [2.05, 4.69) is 34.3 Å². The lowest BCUT2D eigenvalue weighted by molar-refractivity contribution is 0.192. The minimum Gasteiger partial charge on any atom is -0.331 e. The summed E-state index contributed by atoms with van der Waals surface area (Å²) in [5, 5.41) is 13.1. The molecule has 7 heteroatoms. The molecule has 1 aliphatic rings. The van der Waals surface area contributed by atoms with Crippen molar-refractivity contribution in [3.63, 3.8) is 0 Å². The fraction of sp³-hybridized carbons (Fsp3) is 0.500. The van der Waals surface area contributed by atoms with Crippen molar-refractivity contribution in [2.75, 3.05) is 6.54 Å². The Hall–Kier alpha value is -2.02. The smallest absolute Gasteiger partial charge is 0.318 e. The van der Waals surface area contributed by atoms with Crippen LogP contribution in [0.3, 0.4) is 0 Å². The van der Waals surface area contributed by atoms with E-state index in [9.17, 15) is 4.79 Å². The molecule has 0 unspecified atom stereocenters. The van der Waals surface area contributed by atoms with E-state index < -0.39 is 0 Å². The van der Waals surface area contributed by atoms with Gasteiger partial charge in [0, 0.05) is 24.9 Å². The molecule has 6 nitrogen and oxygen atoms in total. The number of pyridine rings is 1. The van der Waals surface area contributed by atoms with Crippen LogP contribution in [0.15, 0.2) is 24.5 Å². The van der Waals surface area contributed by atoms with Crippen LogP contribution in [0.2, 0.25) is 0 Å². The summed E-state index contributed by atoms with van der Waals surface area (Å²) in [6.45, 7) is 5.40. The third-order valence-electron chi connectivity index (χ3n) is 3.97. The summed E-state index contributed by atoms with van der Waals surface area (Å²) in [6.07, 6.45) is 5.57. The van der Waals surface area contributed by atoms with Gasteiger partial charge in [0.15, 0.2) is 0 Å². The molecular formula is C16H21N5OS. The van der Waals surface area contributed by atoms with Gasteiger partial charge in [-0.15, -0.1) is 10.2 Å². The third kappa shape index (κ3) is 3.67. The van der Waals surface area contributed by atoms with Crippen molar-refractivity contribution < 1.29 is 4.79 Å². The van der Waals surface area contributed by atoms with Crippen LogP contribution in [-0.2, 0) is 6.54 Å². The van der Waals surface area contributed by atoms with Crippen LogP contribution in [-0.4, -0.2) is 32.7 Å². The molecule has 2 amide bonds. The van der Waals surface area contributed by atoms with Gasteiger partial charge < -0.3 is 10.2 Å². The van der Waals surface area contributed by atoms with E-state index >= 15 is 0 Å². The summed E-state index contributed by atoms with van der Waals surface area (Å²) in [6, 6.07) is 4.07. The molecule has 1 fully saturated rings. The maximum absolute atomic E-state index is 12.5. The highest BCUT2D eigenvalue weighted by molar-refractivity contribution is 7.11. The lowest BCUT2D eigenvalue weighted by Crippen LogP contribution is -2.39. The molecule has 122 valence electrons. The summed E-state index contributed by atoms with van der Waals surface area (Å²) >= 11 is 1.56. The molecule has 0 saturated carbocycles. The molecule has 3 rings (SSSR count). The Morgan fingerprint density at radius 3 is 2.87 bits per heavy atom. The first-order valence-electron chi connectivity index (χ1n) is 7.92. The van der Waals surface area contributed by atoms with Crippen LogP contribution in [0.1, 0.15) is 54.2 Å². The van der Waals surface area contributed by atoms with Crippen molar-refractivity contribution in [2.24, 2.45) is 0 Å². The Balaban J connectivity index is 1.61. The molecule has 0 bridgehead atoms. The second kappa shape index (κ2) is 7.04. The zero-order valence-electron chi connectivity index (χ0n) is 13.4. The number of urea groups is 1. The van der Waals surface area contributed by atoms with Crippen molar-refractivity contribution in [1.29, 1.82) is 0 Å². The van der Waals surface area contributed by atoms with Gasteiger partial charge in [-0.2, -0.15) is 0 Å². The molecule has 0 spiro atoms. The standard InChI is InChI=1S/C16H21N5OS/c1-11(2)15-20-19-14(23-15)10-18-16(22)21-9-3-4-13(21)12-5-7-17-8-6-12/h5-8,11,13H,3-4,9-10H2,1-2H3,(H,18,22)/t13-/m0/s1. The van der Waals surface area contributed by atoms with E-state index in [1.165, 1.54) is 0 Å². The molecule has 1 aliphatic heterocycles. The van der Waals surface area contributed by atoms with E-state index in [4.69, 9.17) is 0 Å². The number of likely N-dealkylation sites (tertiary alicyclic amines) is 1. The molecule has 2 aromatic heterocycles. The Bertz CT molecular complexity index is 658. The molecule has 3 heterocycles. The van der Waals surface area contributed by atoms with Crippen LogP contribution in [0, 0.1) is 0 Å². The highest BCUT2D eigenvalue weighted by Gasteiger charge is 2.29. The van der Waals surface area contributed by atoms with Gasteiger partial charge in [0.2, 0.25) is 0 Å². The number of hydrogen-bond donors (Lipinski definition) is 1. The topological polar surface area (TPSA) is 71.0 Å². The van der Waals surface area contributed by atoms with E-state index in [1.54, 1.807) is 23.7 Å². The first kappa shape index (κ1) is 15.9. The van der Waals surface area contributed by atoms with E-state index in [1.807, 2.05) is 17.0 Å². The normalized spacial score (nSPS) is 17.7. The van der Waals surface area contributed by atoms with E-state index in [0.29, 0.717) is 12.5 Å². The van der Waals surface area contributed by atoms with Gasteiger partial charge >= 0.3 is 6.03 Å². The number of amides is 2. The van der Waals surface area contributed by atoms with Gasteiger partial charge in [-0.3, -0.25) is 4.98 Å². The lowest BCUT2D eigenvalue weighted by atomic mass is 10.1. The molecule has 2 aromatic rings. The Labute approximate surface area is 140 Å². The summed E-state index contributed by atoms with van der Waals surface area (Å²) in [7, 11) is 0. The summed E-state index contributed by atoms with van der Waals surface area (Å²) < 4.78 is 0. The van der Waals surface area contributed by atoms with Crippen molar-refractivity contribution >= 4 is 17.4 Å². The van der Waals surface area contributed by atoms with Gasteiger partial charge in [0.25, 0.3) is 0 Å². The summed E-state index contributed by atoms with van der Waals surface area (Å²) in [5.74, 6) is 0.367. The molecule has 1 N–H and O–H groups in total. The second-order valence-electron chi connectivity index (χ2n) is 5.98. The molecule has 1 saturated heterocycles. The number of carbonyl (C=O) groups excluding carboxylic acids is 1. The van der Waals surface area contributed by atoms with Crippen LogP contribution in [0.4, 0.5) is 4.79 Å². The Kier molecular flexibility index (Phi) is 4.85. The van der Waals surface area contributed by atoms with Crippen LogP contribution in [0.25, 0.3) is 0 Å². The SMILES string of the molecule is CC(C)c1nnc(CNC(=O)N2CCC[C@H]2c2ccncc2)s1. The average Bonchev–Trinajstić information content (AvgIpc) is 3.23. The third-order valence-corrected chi connectivity index (χ3v) is 5.20. The predicted molar refractivity (Wildman–Crippen MR) is 89.2 cm³/mol. The molecule has 23 heavy (non-hydrogen) atoms. The highest BCUT2D eigenvalue weighted by atomic mass is 32.1. The van der Waals surface area contributed by atoms with Gasteiger partial charge in [0.1, 0.15) is 10.0 Å². The maximum Gasteiger partial charge on any atom is 0.318 e. The zero-order valence-corrected chi connectivity index (χ0v) is 14.2. The summed E-state index contributed by atoms with van der Waals surface area (Å²) in [4.78, 5) is 18.4. The second-order valence-corrected chi connectivity index (χ2v) is 7.07. The maximum atomic E-state index is 12.5. The quantitative estimate of drug-likeness (QED) is 0.934. The van der Waals surface area contributed by atoms with Gasteiger partial charge in [-0.05, 0) is 30.5 Å². The number of rotatable bonds is 4. The van der Waals surface area contributed by atoms with Crippen molar-refractivity contribution in [2.45, 2.75) is 45.2 Å². The number of nitrogens with one attached hydrogen (secondary N) is 1. The van der Waals surface area contributed by atoms with Crippen LogP contribution >= 0.6 is 11.3 Å². The largest absolute Gasteiger partial charge is 0.331 e. The zero-order chi connectivity index (χ0) is 16.2. The van der Waals surface area contributed by atoms with Gasteiger partial charge in [0.05, 0.1) is 12.6 Å².